The zero-order valence-electron chi connectivity index (χ0n) is 11.5. The fourth-order valence-corrected chi connectivity index (χ4v) is 2.38. The third-order valence-electron chi connectivity index (χ3n) is 3.22. The Labute approximate surface area is 116 Å². The normalized spacial score (nSPS) is 10.4. The quantitative estimate of drug-likeness (QED) is 0.925. The molecule has 20 heavy (non-hydrogen) atoms. The number of rotatable bonds is 3. The van der Waals surface area contributed by atoms with E-state index in [-0.39, 0.29) is 11.4 Å². The molecule has 0 amide bonds. The molecule has 0 aliphatic heterocycles. The Hall–Kier alpha value is -2.36. The molecule has 2 aromatic carbocycles. The lowest BCUT2D eigenvalue weighted by molar-refractivity contribution is 0.0697. The highest BCUT2D eigenvalue weighted by Crippen LogP contribution is 2.33. The summed E-state index contributed by atoms with van der Waals surface area (Å²) in [5.41, 5.74) is 2.85. The summed E-state index contributed by atoms with van der Waals surface area (Å²) < 4.78 is 18.4. The van der Waals surface area contributed by atoms with Crippen molar-refractivity contribution in [2.45, 2.75) is 13.8 Å². The molecule has 4 heteroatoms. The lowest BCUT2D eigenvalue weighted by atomic mass is 9.92. The fraction of sp³-hybridized carbons (Fsp3) is 0.188. The lowest BCUT2D eigenvalue weighted by Gasteiger charge is -2.14. The first kappa shape index (κ1) is 14.1. The Bertz CT molecular complexity index is 654. The average Bonchev–Trinajstić information content (AvgIpc) is 2.37. The van der Waals surface area contributed by atoms with Crippen LogP contribution in [0.25, 0.3) is 11.1 Å². The highest BCUT2D eigenvalue weighted by atomic mass is 19.1. The van der Waals surface area contributed by atoms with Crippen LogP contribution in [0.1, 0.15) is 21.5 Å². The van der Waals surface area contributed by atoms with Gasteiger partial charge >= 0.3 is 5.97 Å². The van der Waals surface area contributed by atoms with Crippen LogP contribution < -0.4 is 4.74 Å². The molecular weight excluding hydrogens is 259 g/mol. The number of carboxylic acids is 1. The van der Waals surface area contributed by atoms with Gasteiger partial charge in [-0.2, -0.15) is 0 Å². The topological polar surface area (TPSA) is 46.5 Å². The van der Waals surface area contributed by atoms with Crippen molar-refractivity contribution in [3.8, 4) is 16.9 Å². The van der Waals surface area contributed by atoms with Gasteiger partial charge in [-0.3, -0.25) is 0 Å². The summed E-state index contributed by atoms with van der Waals surface area (Å²) in [5.74, 6) is -0.889. The fourth-order valence-electron chi connectivity index (χ4n) is 2.38. The Morgan fingerprint density at radius 3 is 2.25 bits per heavy atom. The van der Waals surface area contributed by atoms with Crippen LogP contribution in [0.2, 0.25) is 0 Å². The zero-order valence-corrected chi connectivity index (χ0v) is 11.5. The van der Waals surface area contributed by atoms with E-state index in [4.69, 9.17) is 4.74 Å². The molecule has 0 aromatic heterocycles. The van der Waals surface area contributed by atoms with Crippen molar-refractivity contribution >= 4 is 5.97 Å². The maximum absolute atomic E-state index is 13.4. The summed E-state index contributed by atoms with van der Waals surface area (Å²) in [5, 5.41) is 9.35. The number of halogens is 1. The van der Waals surface area contributed by atoms with E-state index in [1.54, 1.807) is 26.0 Å². The molecule has 0 fully saturated rings. The number of aryl methyl sites for hydroxylation is 2. The smallest absolute Gasteiger partial charge is 0.336 e. The summed E-state index contributed by atoms with van der Waals surface area (Å²) in [6.07, 6.45) is 0. The summed E-state index contributed by atoms with van der Waals surface area (Å²) in [6, 6.07) is 7.66. The van der Waals surface area contributed by atoms with Gasteiger partial charge < -0.3 is 9.84 Å². The molecule has 0 radical (unpaired) electrons. The summed E-state index contributed by atoms with van der Waals surface area (Å²) >= 11 is 0. The second-order valence-corrected chi connectivity index (χ2v) is 4.63. The number of hydrogen-bond acceptors (Lipinski definition) is 2. The van der Waals surface area contributed by atoms with Crippen molar-refractivity contribution in [1.29, 1.82) is 0 Å². The van der Waals surface area contributed by atoms with Gasteiger partial charge in [-0.1, -0.05) is 0 Å². The first-order valence-corrected chi connectivity index (χ1v) is 6.12. The number of carbonyl (C=O) groups is 1. The van der Waals surface area contributed by atoms with Gasteiger partial charge in [0.1, 0.15) is 11.6 Å². The van der Waals surface area contributed by atoms with Gasteiger partial charge in [0.25, 0.3) is 0 Å². The van der Waals surface area contributed by atoms with Crippen molar-refractivity contribution in [2.24, 2.45) is 0 Å². The van der Waals surface area contributed by atoms with Crippen LogP contribution in [0.15, 0.2) is 30.3 Å². The SMILES string of the molecule is COc1ccc(-c2c(C)cc(F)cc2C)c(C(=O)O)c1. The number of ether oxygens (including phenoxy) is 1. The van der Waals surface area contributed by atoms with E-state index in [0.717, 1.165) is 5.56 Å². The van der Waals surface area contributed by atoms with E-state index in [0.29, 0.717) is 22.4 Å². The molecule has 0 aliphatic carbocycles. The first-order valence-electron chi connectivity index (χ1n) is 6.12. The molecule has 0 spiro atoms. The Balaban J connectivity index is 2.73. The third kappa shape index (κ3) is 2.50. The van der Waals surface area contributed by atoms with E-state index in [1.807, 2.05) is 0 Å². The molecule has 0 atom stereocenters. The predicted molar refractivity (Wildman–Crippen MR) is 74.8 cm³/mol. The molecule has 0 heterocycles. The second kappa shape index (κ2) is 5.33. The maximum atomic E-state index is 13.4. The Morgan fingerprint density at radius 2 is 1.75 bits per heavy atom. The standard InChI is InChI=1S/C16H15FO3/c1-9-6-11(17)7-10(2)15(9)13-5-4-12(20-3)8-14(13)16(18)19/h4-8H,1-3H3,(H,18,19). The van der Waals surface area contributed by atoms with E-state index in [9.17, 15) is 14.3 Å². The lowest BCUT2D eigenvalue weighted by Crippen LogP contribution is -2.02. The van der Waals surface area contributed by atoms with Crippen LogP contribution in [-0.2, 0) is 0 Å². The van der Waals surface area contributed by atoms with Crippen molar-refractivity contribution in [2.75, 3.05) is 7.11 Å². The molecular formula is C16H15FO3. The predicted octanol–water partition coefficient (Wildman–Crippen LogP) is 3.82. The summed E-state index contributed by atoms with van der Waals surface area (Å²) in [6.45, 7) is 3.53. The molecule has 0 aliphatic rings. The van der Waals surface area contributed by atoms with Crippen LogP contribution in [-0.4, -0.2) is 18.2 Å². The van der Waals surface area contributed by atoms with Crippen molar-refractivity contribution in [1.82, 2.24) is 0 Å². The second-order valence-electron chi connectivity index (χ2n) is 4.63. The Morgan fingerprint density at radius 1 is 1.15 bits per heavy atom. The third-order valence-corrected chi connectivity index (χ3v) is 3.22. The molecule has 104 valence electrons. The summed E-state index contributed by atoms with van der Waals surface area (Å²) in [4.78, 5) is 11.4. The molecule has 0 saturated heterocycles. The highest BCUT2D eigenvalue weighted by molar-refractivity contribution is 5.97. The van der Waals surface area contributed by atoms with Gasteiger partial charge in [0, 0.05) is 0 Å². The van der Waals surface area contributed by atoms with E-state index in [2.05, 4.69) is 0 Å². The van der Waals surface area contributed by atoms with Crippen molar-refractivity contribution in [3.63, 3.8) is 0 Å². The minimum absolute atomic E-state index is 0.141. The number of aromatic carboxylic acids is 1. The first-order chi connectivity index (χ1) is 9.43. The van der Waals surface area contributed by atoms with Gasteiger partial charge in [-0.25, -0.2) is 9.18 Å². The van der Waals surface area contributed by atoms with Crippen molar-refractivity contribution < 1.29 is 19.0 Å². The van der Waals surface area contributed by atoms with Crippen LogP contribution >= 0.6 is 0 Å². The number of hydrogen-bond donors (Lipinski definition) is 1. The average molecular weight is 274 g/mol. The summed E-state index contributed by atoms with van der Waals surface area (Å²) in [7, 11) is 1.48. The van der Waals surface area contributed by atoms with Crippen LogP contribution in [0.5, 0.6) is 5.75 Å². The number of methoxy groups -OCH3 is 1. The number of carboxylic acid groups (broad SMARTS) is 1. The molecule has 0 unspecified atom stereocenters. The minimum atomic E-state index is -1.04. The van der Waals surface area contributed by atoms with Gasteiger partial charge in [0.15, 0.2) is 0 Å². The Kier molecular flexibility index (Phi) is 3.74. The molecule has 0 saturated carbocycles. The van der Waals surface area contributed by atoms with E-state index < -0.39 is 5.97 Å². The molecule has 1 N–H and O–H groups in total. The van der Waals surface area contributed by atoms with Crippen LogP contribution in [0, 0.1) is 19.7 Å². The van der Waals surface area contributed by atoms with Crippen LogP contribution in [0.3, 0.4) is 0 Å². The highest BCUT2D eigenvalue weighted by Gasteiger charge is 2.17. The largest absolute Gasteiger partial charge is 0.497 e. The monoisotopic (exact) mass is 274 g/mol. The van der Waals surface area contributed by atoms with Gasteiger partial charge in [0.05, 0.1) is 12.7 Å². The van der Waals surface area contributed by atoms with Crippen LogP contribution in [0.4, 0.5) is 4.39 Å². The van der Waals surface area contributed by atoms with E-state index >= 15 is 0 Å². The van der Waals surface area contributed by atoms with Gasteiger partial charge in [0.2, 0.25) is 0 Å². The van der Waals surface area contributed by atoms with Gasteiger partial charge in [-0.15, -0.1) is 0 Å². The zero-order chi connectivity index (χ0) is 14.9. The molecule has 0 bridgehead atoms. The molecule has 3 nitrogen and oxygen atoms in total. The van der Waals surface area contributed by atoms with Crippen molar-refractivity contribution in [3.05, 3.63) is 52.8 Å². The van der Waals surface area contributed by atoms with Gasteiger partial charge in [-0.05, 0) is 66.4 Å². The molecule has 2 aromatic rings. The molecule has 2 rings (SSSR count). The minimum Gasteiger partial charge on any atom is -0.497 e. The number of benzene rings is 2. The maximum Gasteiger partial charge on any atom is 0.336 e. The van der Waals surface area contributed by atoms with E-state index in [1.165, 1.54) is 25.3 Å².